The first-order valence-electron chi connectivity index (χ1n) is 8.60. The number of methoxy groups -OCH3 is 1. The van der Waals surface area contributed by atoms with Crippen LogP contribution in [0.25, 0.3) is 0 Å². The first kappa shape index (κ1) is 19.1. The van der Waals surface area contributed by atoms with Crippen molar-refractivity contribution in [2.24, 2.45) is 0 Å². The molecule has 3 aromatic rings. The largest absolute Gasteiger partial charge is 0.497 e. The monoisotopic (exact) mass is 380 g/mol. The van der Waals surface area contributed by atoms with Crippen molar-refractivity contribution in [2.45, 2.75) is 20.1 Å². The molecular formula is C20H20N4O4. The summed E-state index contributed by atoms with van der Waals surface area (Å²) in [5.74, 6) is 0.0177. The molecule has 0 saturated carbocycles. The normalized spacial score (nSPS) is 10.4. The van der Waals surface area contributed by atoms with Crippen molar-refractivity contribution in [1.82, 2.24) is 15.0 Å². The Morgan fingerprint density at radius 2 is 1.79 bits per heavy atom. The van der Waals surface area contributed by atoms with Crippen molar-refractivity contribution in [3.63, 3.8) is 0 Å². The number of nitrogens with zero attached hydrogens (tertiary/aromatic N) is 3. The lowest BCUT2D eigenvalue weighted by atomic mass is 10.1. The van der Waals surface area contributed by atoms with E-state index in [4.69, 9.17) is 9.47 Å². The fourth-order valence-corrected chi connectivity index (χ4v) is 2.42. The van der Waals surface area contributed by atoms with Crippen LogP contribution in [0.4, 0.5) is 5.69 Å². The molecule has 28 heavy (non-hydrogen) atoms. The highest BCUT2D eigenvalue weighted by atomic mass is 16.5. The average Bonchev–Trinajstić information content (AvgIpc) is 3.14. The van der Waals surface area contributed by atoms with Crippen molar-refractivity contribution < 1.29 is 19.1 Å². The first-order valence-corrected chi connectivity index (χ1v) is 8.60. The summed E-state index contributed by atoms with van der Waals surface area (Å²) in [7, 11) is 1.58. The summed E-state index contributed by atoms with van der Waals surface area (Å²) in [5.41, 5.74) is 2.64. The van der Waals surface area contributed by atoms with Crippen molar-refractivity contribution in [3.8, 4) is 5.75 Å². The van der Waals surface area contributed by atoms with Crippen LogP contribution in [-0.2, 0) is 22.7 Å². The molecule has 144 valence electrons. The minimum atomic E-state index is -0.438. The second-order valence-electron chi connectivity index (χ2n) is 6.13. The van der Waals surface area contributed by atoms with Gasteiger partial charge in [0, 0.05) is 5.69 Å². The van der Waals surface area contributed by atoms with Crippen molar-refractivity contribution in [3.05, 3.63) is 71.5 Å². The molecule has 0 saturated heterocycles. The van der Waals surface area contributed by atoms with Gasteiger partial charge in [-0.15, -0.1) is 5.10 Å². The van der Waals surface area contributed by atoms with Gasteiger partial charge in [-0.05, 0) is 43.3 Å². The van der Waals surface area contributed by atoms with Crippen molar-refractivity contribution >= 4 is 17.6 Å². The quantitative estimate of drug-likeness (QED) is 0.633. The molecule has 8 heteroatoms. The molecule has 1 amide bonds. The second-order valence-corrected chi connectivity index (χ2v) is 6.13. The minimum absolute atomic E-state index is 0.00899. The van der Waals surface area contributed by atoms with Crippen LogP contribution in [0.1, 0.15) is 21.6 Å². The average molecular weight is 380 g/mol. The van der Waals surface area contributed by atoms with E-state index < -0.39 is 5.97 Å². The molecular weight excluding hydrogens is 360 g/mol. The minimum Gasteiger partial charge on any atom is -0.497 e. The maximum atomic E-state index is 12.1. The molecule has 0 unspecified atom stereocenters. The van der Waals surface area contributed by atoms with E-state index in [2.05, 4.69) is 15.6 Å². The van der Waals surface area contributed by atoms with Gasteiger partial charge in [-0.25, -0.2) is 9.48 Å². The van der Waals surface area contributed by atoms with E-state index >= 15 is 0 Å². The summed E-state index contributed by atoms with van der Waals surface area (Å²) in [6.45, 7) is 1.91. The van der Waals surface area contributed by atoms with E-state index in [0.29, 0.717) is 22.7 Å². The van der Waals surface area contributed by atoms with Gasteiger partial charge in [0.05, 0.1) is 18.9 Å². The lowest BCUT2D eigenvalue weighted by Gasteiger charge is -2.06. The van der Waals surface area contributed by atoms with Crippen LogP contribution in [0.3, 0.4) is 0 Å². The predicted molar refractivity (Wildman–Crippen MR) is 102 cm³/mol. The maximum absolute atomic E-state index is 12.1. The van der Waals surface area contributed by atoms with Crippen LogP contribution in [0, 0.1) is 6.92 Å². The van der Waals surface area contributed by atoms with Crippen LogP contribution >= 0.6 is 0 Å². The lowest BCUT2D eigenvalue weighted by molar-refractivity contribution is -0.116. The molecule has 3 rings (SSSR count). The van der Waals surface area contributed by atoms with Gasteiger partial charge in [0.1, 0.15) is 24.6 Å². The molecule has 0 bridgehead atoms. The molecule has 1 N–H and O–H groups in total. The number of amides is 1. The molecule has 0 atom stereocenters. The Morgan fingerprint density at radius 1 is 1.07 bits per heavy atom. The number of carbonyl (C=O) groups excluding carboxylic acids is 2. The van der Waals surface area contributed by atoms with Gasteiger partial charge in [0.25, 0.3) is 0 Å². The smallest absolute Gasteiger partial charge is 0.338 e. The number of ether oxygens (including phenoxy) is 2. The summed E-state index contributed by atoms with van der Waals surface area (Å²) in [4.78, 5) is 24.1. The van der Waals surface area contributed by atoms with Crippen LogP contribution in [0.5, 0.6) is 5.75 Å². The molecule has 1 aromatic heterocycles. The zero-order valence-corrected chi connectivity index (χ0v) is 15.6. The maximum Gasteiger partial charge on any atom is 0.338 e. The van der Waals surface area contributed by atoms with Gasteiger partial charge in [-0.2, -0.15) is 0 Å². The summed E-state index contributed by atoms with van der Waals surface area (Å²) in [5, 5.41) is 10.6. The van der Waals surface area contributed by atoms with Gasteiger partial charge in [0.15, 0.2) is 0 Å². The van der Waals surface area contributed by atoms with E-state index in [-0.39, 0.29) is 19.1 Å². The fraction of sp³-hybridized carbons (Fsp3) is 0.200. The Labute approximate surface area is 162 Å². The molecule has 2 aromatic carbocycles. The number of hydrogen-bond donors (Lipinski definition) is 1. The van der Waals surface area contributed by atoms with Crippen LogP contribution < -0.4 is 10.1 Å². The molecule has 0 aliphatic heterocycles. The van der Waals surface area contributed by atoms with E-state index in [1.54, 1.807) is 49.7 Å². The van der Waals surface area contributed by atoms with E-state index in [1.165, 1.54) is 4.68 Å². The number of aromatic nitrogens is 3. The fourth-order valence-electron chi connectivity index (χ4n) is 2.42. The highest BCUT2D eigenvalue weighted by molar-refractivity contribution is 5.90. The second kappa shape index (κ2) is 8.81. The summed E-state index contributed by atoms with van der Waals surface area (Å²) in [6, 6.07) is 14.1. The Balaban J connectivity index is 1.49. The Hall–Kier alpha value is -3.68. The Kier molecular flexibility index (Phi) is 6.01. The Bertz CT molecular complexity index is 949. The third kappa shape index (κ3) is 5.16. The topological polar surface area (TPSA) is 95.3 Å². The Morgan fingerprint density at radius 3 is 2.46 bits per heavy atom. The highest BCUT2D eigenvalue weighted by Crippen LogP contribution is 2.15. The molecule has 8 nitrogen and oxygen atoms in total. The van der Waals surface area contributed by atoms with Crippen molar-refractivity contribution in [1.29, 1.82) is 0 Å². The third-order valence-corrected chi connectivity index (χ3v) is 3.90. The number of esters is 1. The summed E-state index contributed by atoms with van der Waals surface area (Å²) < 4.78 is 11.7. The molecule has 0 radical (unpaired) electrons. The summed E-state index contributed by atoms with van der Waals surface area (Å²) >= 11 is 0. The zero-order chi connectivity index (χ0) is 19.9. The van der Waals surface area contributed by atoms with Gasteiger partial charge >= 0.3 is 5.97 Å². The van der Waals surface area contributed by atoms with Gasteiger partial charge in [-0.3, -0.25) is 4.79 Å². The first-order chi connectivity index (χ1) is 13.5. The lowest BCUT2D eigenvalue weighted by Crippen LogP contribution is -2.19. The zero-order valence-electron chi connectivity index (χ0n) is 15.6. The number of nitrogens with one attached hydrogen (secondary N) is 1. The van der Waals surface area contributed by atoms with E-state index in [0.717, 1.165) is 5.56 Å². The number of benzene rings is 2. The number of anilines is 1. The SMILES string of the molecule is COc1ccc(NC(=O)Cn2cc(COC(=O)c3ccc(C)cc3)nn2)cc1. The molecule has 0 fully saturated rings. The number of hydrogen-bond acceptors (Lipinski definition) is 6. The van der Waals surface area contributed by atoms with E-state index in [9.17, 15) is 9.59 Å². The number of carbonyl (C=O) groups is 2. The van der Waals surface area contributed by atoms with E-state index in [1.807, 2.05) is 19.1 Å². The van der Waals surface area contributed by atoms with Crippen LogP contribution in [0.15, 0.2) is 54.7 Å². The molecule has 0 aliphatic carbocycles. The predicted octanol–water partition coefficient (Wildman–Crippen LogP) is 2.59. The molecule has 0 spiro atoms. The standard InChI is InChI=1S/C20H20N4O4/c1-14-3-5-15(6-4-14)20(26)28-13-17-11-24(23-22-17)12-19(25)21-16-7-9-18(27-2)10-8-16/h3-11H,12-13H2,1-2H3,(H,21,25). The van der Waals surface area contributed by atoms with Crippen molar-refractivity contribution in [2.75, 3.05) is 12.4 Å². The number of rotatable bonds is 7. The van der Waals surface area contributed by atoms with Gasteiger partial charge in [-0.1, -0.05) is 22.9 Å². The number of aryl methyl sites for hydroxylation is 1. The third-order valence-electron chi connectivity index (χ3n) is 3.90. The highest BCUT2D eigenvalue weighted by Gasteiger charge is 2.10. The van der Waals surface area contributed by atoms with Crippen LogP contribution in [-0.4, -0.2) is 34.0 Å². The molecule has 0 aliphatic rings. The van der Waals surface area contributed by atoms with Crippen LogP contribution in [0.2, 0.25) is 0 Å². The summed E-state index contributed by atoms with van der Waals surface area (Å²) in [6.07, 6.45) is 1.57. The molecule has 1 heterocycles. The van der Waals surface area contributed by atoms with Gasteiger partial charge in [0.2, 0.25) is 5.91 Å². The van der Waals surface area contributed by atoms with Gasteiger partial charge < -0.3 is 14.8 Å².